The van der Waals surface area contributed by atoms with E-state index in [0.29, 0.717) is 26.6 Å². The Bertz CT molecular complexity index is 1030. The second kappa shape index (κ2) is 5.78. The van der Waals surface area contributed by atoms with Crippen LogP contribution in [0.2, 0.25) is 0 Å². The predicted molar refractivity (Wildman–Crippen MR) is 86.7 cm³/mol. The molecule has 9 heteroatoms. The zero-order valence-electron chi connectivity index (χ0n) is 12.0. The smallest absolute Gasteiger partial charge is 0.257 e. The highest BCUT2D eigenvalue weighted by atomic mass is 32.1. The molecule has 0 bridgehead atoms. The van der Waals surface area contributed by atoms with Gasteiger partial charge in [-0.3, -0.25) is 10.1 Å². The molecule has 2 aromatic heterocycles. The lowest BCUT2D eigenvalue weighted by molar-refractivity contribution is 0.102. The Balaban J connectivity index is 1.60. The van der Waals surface area contributed by atoms with Crippen LogP contribution in [0.15, 0.2) is 48.8 Å². The molecule has 0 spiro atoms. The Morgan fingerprint density at radius 2 is 2.12 bits per heavy atom. The lowest BCUT2D eigenvalue weighted by atomic mass is 10.2. The van der Waals surface area contributed by atoms with E-state index in [2.05, 4.69) is 25.8 Å². The molecule has 0 aliphatic rings. The summed E-state index contributed by atoms with van der Waals surface area (Å²) >= 11 is 1.22. The molecule has 0 aliphatic carbocycles. The van der Waals surface area contributed by atoms with Gasteiger partial charge in [0.05, 0.1) is 15.9 Å². The van der Waals surface area contributed by atoms with Crippen molar-refractivity contribution in [3.63, 3.8) is 0 Å². The Hall–Kier alpha value is -3.20. The Morgan fingerprint density at radius 3 is 2.96 bits per heavy atom. The van der Waals surface area contributed by atoms with E-state index in [-0.39, 0.29) is 11.7 Å². The van der Waals surface area contributed by atoms with Gasteiger partial charge in [-0.1, -0.05) is 17.4 Å². The molecular weight excluding hydrogens is 331 g/mol. The normalized spacial score (nSPS) is 10.9. The van der Waals surface area contributed by atoms with Crippen molar-refractivity contribution in [2.24, 2.45) is 0 Å². The number of hydrogen-bond donors (Lipinski definition) is 1. The number of nitrogens with one attached hydrogen (secondary N) is 1. The quantitative estimate of drug-likeness (QED) is 0.620. The number of carbonyl (C=O) groups is 1. The van der Waals surface area contributed by atoms with Crippen LogP contribution in [0, 0.1) is 5.82 Å². The van der Waals surface area contributed by atoms with E-state index in [0.717, 1.165) is 0 Å². The van der Waals surface area contributed by atoms with E-state index in [1.165, 1.54) is 34.5 Å². The lowest BCUT2D eigenvalue weighted by Gasteiger charge is -2.04. The summed E-state index contributed by atoms with van der Waals surface area (Å²) in [6.45, 7) is 0. The summed E-state index contributed by atoms with van der Waals surface area (Å²) in [6.07, 6.45) is 1.44. The monoisotopic (exact) mass is 340 g/mol. The van der Waals surface area contributed by atoms with Crippen molar-refractivity contribution in [3.8, 4) is 5.69 Å². The fraction of sp³-hybridized carbons (Fsp3) is 0. The molecule has 4 aromatic rings. The first-order chi connectivity index (χ1) is 11.7. The SMILES string of the molecule is O=C(Nc1nc2ccc(F)cc2s1)c1cccc(-n2cnnn2)c1. The van der Waals surface area contributed by atoms with Crippen LogP contribution in [-0.4, -0.2) is 31.1 Å². The molecule has 1 N–H and O–H groups in total. The van der Waals surface area contributed by atoms with Crippen LogP contribution in [0.1, 0.15) is 10.4 Å². The third kappa shape index (κ3) is 2.72. The first-order valence-corrected chi connectivity index (χ1v) is 7.71. The highest BCUT2D eigenvalue weighted by Crippen LogP contribution is 2.26. The van der Waals surface area contributed by atoms with Gasteiger partial charge in [0, 0.05) is 5.56 Å². The number of nitrogens with zero attached hydrogens (tertiary/aromatic N) is 5. The zero-order valence-corrected chi connectivity index (χ0v) is 12.9. The van der Waals surface area contributed by atoms with Crippen LogP contribution in [-0.2, 0) is 0 Å². The molecule has 4 rings (SSSR count). The van der Waals surface area contributed by atoms with Gasteiger partial charge in [-0.2, -0.15) is 0 Å². The number of hydrogen-bond acceptors (Lipinski definition) is 6. The number of halogens is 1. The van der Waals surface area contributed by atoms with Gasteiger partial charge in [0.1, 0.15) is 12.1 Å². The van der Waals surface area contributed by atoms with Gasteiger partial charge in [-0.05, 0) is 46.8 Å². The summed E-state index contributed by atoms with van der Waals surface area (Å²) in [5, 5.41) is 14.1. The Kier molecular flexibility index (Phi) is 3.47. The third-order valence-corrected chi connectivity index (χ3v) is 4.23. The van der Waals surface area contributed by atoms with Crippen molar-refractivity contribution >= 4 is 32.6 Å². The van der Waals surface area contributed by atoms with Crippen molar-refractivity contribution in [2.45, 2.75) is 0 Å². The molecule has 118 valence electrons. The van der Waals surface area contributed by atoms with Crippen LogP contribution in [0.5, 0.6) is 0 Å². The fourth-order valence-electron chi connectivity index (χ4n) is 2.19. The van der Waals surface area contributed by atoms with Gasteiger partial charge in [0.2, 0.25) is 0 Å². The molecule has 24 heavy (non-hydrogen) atoms. The Labute approximate surface area is 138 Å². The number of amides is 1. The van der Waals surface area contributed by atoms with Crippen LogP contribution in [0.4, 0.5) is 9.52 Å². The second-order valence-corrected chi connectivity index (χ2v) is 5.92. The highest BCUT2D eigenvalue weighted by Gasteiger charge is 2.11. The van der Waals surface area contributed by atoms with Crippen molar-refractivity contribution in [3.05, 3.63) is 60.2 Å². The second-order valence-electron chi connectivity index (χ2n) is 4.89. The average molecular weight is 340 g/mol. The molecule has 0 aliphatic heterocycles. The topological polar surface area (TPSA) is 85.6 Å². The molecule has 0 radical (unpaired) electrons. The van der Waals surface area contributed by atoms with Crippen molar-refractivity contribution in [1.82, 2.24) is 25.2 Å². The van der Waals surface area contributed by atoms with E-state index >= 15 is 0 Å². The van der Waals surface area contributed by atoms with E-state index in [4.69, 9.17) is 0 Å². The van der Waals surface area contributed by atoms with E-state index in [9.17, 15) is 9.18 Å². The molecule has 1 amide bonds. The number of thiazole rings is 1. The average Bonchev–Trinajstić information content (AvgIpc) is 3.23. The van der Waals surface area contributed by atoms with Gasteiger partial charge in [-0.15, -0.1) is 5.10 Å². The van der Waals surface area contributed by atoms with Crippen molar-refractivity contribution < 1.29 is 9.18 Å². The minimum absolute atomic E-state index is 0.315. The zero-order chi connectivity index (χ0) is 16.5. The van der Waals surface area contributed by atoms with Gasteiger partial charge in [-0.25, -0.2) is 14.1 Å². The summed E-state index contributed by atoms with van der Waals surface area (Å²) in [5.74, 6) is -0.650. The van der Waals surface area contributed by atoms with E-state index < -0.39 is 0 Å². The minimum Gasteiger partial charge on any atom is -0.298 e. The Morgan fingerprint density at radius 1 is 1.21 bits per heavy atom. The molecule has 0 atom stereocenters. The fourth-order valence-corrected chi connectivity index (χ4v) is 3.08. The number of tetrazole rings is 1. The molecule has 7 nitrogen and oxygen atoms in total. The van der Waals surface area contributed by atoms with Gasteiger partial charge < -0.3 is 0 Å². The maximum Gasteiger partial charge on any atom is 0.257 e. The predicted octanol–water partition coefficient (Wildman–Crippen LogP) is 2.66. The molecule has 0 saturated heterocycles. The van der Waals surface area contributed by atoms with Crippen LogP contribution < -0.4 is 5.32 Å². The van der Waals surface area contributed by atoms with Gasteiger partial charge in [0.15, 0.2) is 5.13 Å². The summed E-state index contributed by atoms with van der Waals surface area (Å²) in [4.78, 5) is 16.7. The first-order valence-electron chi connectivity index (χ1n) is 6.90. The molecule has 0 saturated carbocycles. The summed E-state index contributed by atoms with van der Waals surface area (Å²) in [5.41, 5.74) is 1.74. The number of anilines is 1. The maximum atomic E-state index is 13.2. The number of benzene rings is 2. The largest absolute Gasteiger partial charge is 0.298 e. The number of rotatable bonds is 3. The summed E-state index contributed by atoms with van der Waals surface area (Å²) in [6, 6.07) is 11.2. The lowest BCUT2D eigenvalue weighted by Crippen LogP contribution is -2.12. The minimum atomic E-state index is -0.335. The molecule has 2 heterocycles. The molecule has 0 fully saturated rings. The maximum absolute atomic E-state index is 13.2. The molecule has 0 unspecified atom stereocenters. The van der Waals surface area contributed by atoms with Gasteiger partial charge >= 0.3 is 0 Å². The van der Waals surface area contributed by atoms with Crippen LogP contribution in [0.3, 0.4) is 0 Å². The van der Waals surface area contributed by atoms with Crippen molar-refractivity contribution in [1.29, 1.82) is 0 Å². The summed E-state index contributed by atoms with van der Waals surface area (Å²) in [7, 11) is 0. The number of carbonyl (C=O) groups excluding carboxylic acids is 1. The first kappa shape index (κ1) is 14.4. The number of fused-ring (bicyclic) bond motifs is 1. The third-order valence-electron chi connectivity index (χ3n) is 3.29. The van der Waals surface area contributed by atoms with E-state index in [1.807, 2.05) is 0 Å². The van der Waals surface area contributed by atoms with Crippen LogP contribution >= 0.6 is 11.3 Å². The highest BCUT2D eigenvalue weighted by molar-refractivity contribution is 7.22. The molecule has 2 aromatic carbocycles. The van der Waals surface area contributed by atoms with Gasteiger partial charge in [0.25, 0.3) is 5.91 Å². The van der Waals surface area contributed by atoms with E-state index in [1.54, 1.807) is 30.3 Å². The van der Waals surface area contributed by atoms with Crippen LogP contribution in [0.25, 0.3) is 15.9 Å². The summed E-state index contributed by atoms with van der Waals surface area (Å²) < 4.78 is 15.4. The van der Waals surface area contributed by atoms with Crippen molar-refractivity contribution in [2.75, 3.05) is 5.32 Å². The number of aromatic nitrogens is 5. The molecular formula is C15H9FN6OS. The standard InChI is InChI=1S/C15H9FN6OS/c16-10-4-5-12-13(7-10)24-15(18-12)19-14(23)9-2-1-3-11(6-9)22-8-17-20-21-22/h1-8H,(H,18,19,23).